The van der Waals surface area contributed by atoms with Crippen LogP contribution in [-0.2, 0) is 20.7 Å². The number of piperidine rings is 1. The van der Waals surface area contributed by atoms with E-state index in [2.05, 4.69) is 10.6 Å². The number of nitrogens with zero attached hydrogens (tertiary/aromatic N) is 1. The van der Waals surface area contributed by atoms with Crippen molar-refractivity contribution in [2.45, 2.75) is 31.7 Å². The average molecular weight is 482 g/mol. The molecule has 1 heterocycles. The molecular formula is C27H35N3O5. The molecule has 0 aromatic heterocycles. The first-order valence-electron chi connectivity index (χ1n) is 12.0. The molecule has 2 N–H and O–H groups in total. The van der Waals surface area contributed by atoms with Gasteiger partial charge in [0.2, 0.25) is 11.8 Å². The lowest BCUT2D eigenvalue weighted by Crippen LogP contribution is -2.54. The first kappa shape index (κ1) is 26.2. The largest absolute Gasteiger partial charge is 0.497 e. The van der Waals surface area contributed by atoms with Gasteiger partial charge in [-0.15, -0.1) is 0 Å². The van der Waals surface area contributed by atoms with Crippen molar-refractivity contribution in [2.75, 3.05) is 40.5 Å². The van der Waals surface area contributed by atoms with Gasteiger partial charge in [-0.05, 0) is 55.0 Å². The van der Waals surface area contributed by atoms with Crippen molar-refractivity contribution in [3.8, 4) is 5.75 Å². The van der Waals surface area contributed by atoms with Crippen molar-refractivity contribution >= 4 is 17.7 Å². The van der Waals surface area contributed by atoms with Crippen LogP contribution in [0, 0.1) is 5.92 Å². The average Bonchev–Trinajstić information content (AvgIpc) is 2.91. The van der Waals surface area contributed by atoms with Gasteiger partial charge in [0.1, 0.15) is 11.8 Å². The molecule has 8 nitrogen and oxygen atoms in total. The maximum atomic E-state index is 13.0. The molecule has 188 valence electrons. The Balaban J connectivity index is 1.59. The Labute approximate surface area is 207 Å². The minimum absolute atomic E-state index is 0.0714. The topological polar surface area (TPSA) is 97.0 Å². The normalized spacial score (nSPS) is 14.7. The Morgan fingerprint density at radius 1 is 1.00 bits per heavy atom. The number of rotatable bonds is 11. The molecule has 0 unspecified atom stereocenters. The van der Waals surface area contributed by atoms with Gasteiger partial charge in [-0.3, -0.25) is 14.4 Å². The summed E-state index contributed by atoms with van der Waals surface area (Å²) in [7, 11) is 3.13. The second kappa shape index (κ2) is 13.5. The van der Waals surface area contributed by atoms with Crippen molar-refractivity contribution in [3.63, 3.8) is 0 Å². The number of hydrogen-bond acceptors (Lipinski definition) is 5. The van der Waals surface area contributed by atoms with E-state index in [9.17, 15) is 14.4 Å². The van der Waals surface area contributed by atoms with Gasteiger partial charge in [0.05, 0.1) is 13.7 Å². The summed E-state index contributed by atoms with van der Waals surface area (Å²) in [6.07, 6.45) is 2.45. The van der Waals surface area contributed by atoms with Crippen LogP contribution in [0.15, 0.2) is 54.6 Å². The lowest BCUT2D eigenvalue weighted by Gasteiger charge is -2.36. The molecule has 3 amide bonds. The summed E-state index contributed by atoms with van der Waals surface area (Å²) < 4.78 is 10.2. The molecule has 0 radical (unpaired) electrons. The number of carbonyl (C=O) groups is 3. The lowest BCUT2D eigenvalue weighted by molar-refractivity contribution is -0.133. The number of hydrogen-bond donors (Lipinski definition) is 2. The summed E-state index contributed by atoms with van der Waals surface area (Å²) >= 11 is 0. The Kier molecular flexibility index (Phi) is 10.1. The molecule has 1 aliphatic rings. The van der Waals surface area contributed by atoms with Crippen molar-refractivity contribution in [1.29, 1.82) is 0 Å². The zero-order valence-electron chi connectivity index (χ0n) is 20.5. The van der Waals surface area contributed by atoms with Gasteiger partial charge in [0.15, 0.2) is 0 Å². The highest BCUT2D eigenvalue weighted by atomic mass is 16.5. The SMILES string of the molecule is COCCNC(=O)[C@H](NC(=O)c1ccc(OC)cc1)C1CCN(C(=O)CCc2ccccc2)CC1. The van der Waals surface area contributed by atoms with E-state index in [1.165, 1.54) is 0 Å². The Hall–Kier alpha value is -3.39. The lowest BCUT2D eigenvalue weighted by atomic mass is 9.88. The van der Waals surface area contributed by atoms with E-state index in [0.717, 1.165) is 5.56 Å². The predicted molar refractivity (Wildman–Crippen MR) is 133 cm³/mol. The predicted octanol–water partition coefficient (Wildman–Crippen LogP) is 2.43. The van der Waals surface area contributed by atoms with E-state index in [-0.39, 0.29) is 23.6 Å². The highest BCUT2D eigenvalue weighted by molar-refractivity contribution is 5.97. The van der Waals surface area contributed by atoms with Crippen molar-refractivity contribution in [1.82, 2.24) is 15.5 Å². The summed E-state index contributed by atoms with van der Waals surface area (Å²) in [4.78, 5) is 40.5. The first-order chi connectivity index (χ1) is 17.0. The van der Waals surface area contributed by atoms with Crippen LogP contribution in [0.3, 0.4) is 0 Å². The van der Waals surface area contributed by atoms with Gasteiger partial charge in [0, 0.05) is 38.7 Å². The molecule has 3 rings (SSSR count). The third kappa shape index (κ3) is 7.82. The van der Waals surface area contributed by atoms with Gasteiger partial charge in [-0.25, -0.2) is 0 Å². The third-order valence-corrected chi connectivity index (χ3v) is 6.36. The number of ether oxygens (including phenoxy) is 2. The molecule has 2 aromatic rings. The molecule has 0 saturated carbocycles. The summed E-state index contributed by atoms with van der Waals surface area (Å²) in [5.41, 5.74) is 1.60. The molecule has 0 aliphatic carbocycles. The Morgan fingerprint density at radius 3 is 2.31 bits per heavy atom. The monoisotopic (exact) mass is 481 g/mol. The smallest absolute Gasteiger partial charge is 0.251 e. The van der Waals surface area contributed by atoms with Gasteiger partial charge in [-0.2, -0.15) is 0 Å². The molecule has 1 saturated heterocycles. The minimum Gasteiger partial charge on any atom is -0.497 e. The Morgan fingerprint density at radius 2 is 1.69 bits per heavy atom. The van der Waals surface area contributed by atoms with Crippen LogP contribution < -0.4 is 15.4 Å². The number of carbonyl (C=O) groups excluding carboxylic acids is 3. The standard InChI is InChI=1S/C27H35N3O5/c1-34-19-16-28-27(33)25(29-26(32)22-9-11-23(35-2)12-10-22)21-14-17-30(18-15-21)24(31)13-8-20-6-4-3-5-7-20/h3-7,9-12,21,25H,8,13-19H2,1-2H3,(H,28,33)(H,29,32)/t25-/m1/s1. The van der Waals surface area contributed by atoms with Crippen LogP contribution >= 0.6 is 0 Å². The van der Waals surface area contributed by atoms with Crippen LogP contribution in [0.1, 0.15) is 35.2 Å². The molecule has 35 heavy (non-hydrogen) atoms. The minimum atomic E-state index is -0.692. The number of methoxy groups -OCH3 is 2. The zero-order chi connectivity index (χ0) is 25.0. The van der Waals surface area contributed by atoms with E-state index < -0.39 is 6.04 Å². The molecule has 1 atom stereocenters. The summed E-state index contributed by atoms with van der Waals surface area (Å²) in [5, 5.41) is 5.77. The Bertz CT molecular complexity index is 957. The van der Waals surface area contributed by atoms with Crippen molar-refractivity contribution in [2.24, 2.45) is 5.92 Å². The van der Waals surface area contributed by atoms with Crippen LogP contribution in [0.5, 0.6) is 5.75 Å². The first-order valence-corrected chi connectivity index (χ1v) is 12.0. The summed E-state index contributed by atoms with van der Waals surface area (Å²) in [5.74, 6) is 0.145. The number of nitrogens with one attached hydrogen (secondary N) is 2. The van der Waals surface area contributed by atoms with Gasteiger partial charge < -0.3 is 25.0 Å². The van der Waals surface area contributed by atoms with E-state index in [4.69, 9.17) is 9.47 Å². The molecule has 0 spiro atoms. The highest BCUT2D eigenvalue weighted by Crippen LogP contribution is 2.23. The number of aryl methyl sites for hydroxylation is 1. The van der Waals surface area contributed by atoms with Gasteiger partial charge in [-0.1, -0.05) is 30.3 Å². The maximum Gasteiger partial charge on any atom is 0.251 e. The molecule has 1 aliphatic heterocycles. The van der Waals surface area contributed by atoms with Gasteiger partial charge in [0.25, 0.3) is 5.91 Å². The molecular weight excluding hydrogens is 446 g/mol. The van der Waals surface area contributed by atoms with Crippen LogP contribution in [0.4, 0.5) is 0 Å². The fourth-order valence-electron chi connectivity index (χ4n) is 4.29. The van der Waals surface area contributed by atoms with E-state index in [0.29, 0.717) is 63.2 Å². The third-order valence-electron chi connectivity index (χ3n) is 6.36. The molecule has 2 aromatic carbocycles. The molecule has 8 heteroatoms. The van der Waals surface area contributed by atoms with Crippen LogP contribution in [0.2, 0.25) is 0 Å². The number of benzene rings is 2. The van der Waals surface area contributed by atoms with Crippen molar-refractivity contribution < 1.29 is 23.9 Å². The quantitative estimate of drug-likeness (QED) is 0.481. The van der Waals surface area contributed by atoms with Crippen LogP contribution in [0.25, 0.3) is 0 Å². The van der Waals surface area contributed by atoms with E-state index >= 15 is 0 Å². The summed E-state index contributed by atoms with van der Waals surface area (Å²) in [6, 6.07) is 16.0. The van der Waals surface area contributed by atoms with Crippen molar-refractivity contribution in [3.05, 3.63) is 65.7 Å². The molecule has 1 fully saturated rings. The van der Waals surface area contributed by atoms with Gasteiger partial charge >= 0.3 is 0 Å². The van der Waals surface area contributed by atoms with E-state index in [1.807, 2.05) is 35.2 Å². The second-order valence-corrected chi connectivity index (χ2v) is 8.67. The fraction of sp³-hybridized carbons (Fsp3) is 0.444. The van der Waals surface area contributed by atoms with Crippen LogP contribution in [-0.4, -0.2) is 69.1 Å². The maximum absolute atomic E-state index is 13.0. The van der Waals surface area contributed by atoms with E-state index in [1.54, 1.807) is 38.5 Å². The fourth-order valence-corrected chi connectivity index (χ4v) is 4.29. The highest BCUT2D eigenvalue weighted by Gasteiger charge is 2.33. The zero-order valence-corrected chi connectivity index (χ0v) is 20.5. The second-order valence-electron chi connectivity index (χ2n) is 8.67. The number of amides is 3. The molecule has 0 bridgehead atoms. The number of likely N-dealkylation sites (tertiary alicyclic amines) is 1. The summed E-state index contributed by atoms with van der Waals surface area (Å²) in [6.45, 7) is 1.89.